The molecule has 2 aromatic carbocycles. The van der Waals surface area contributed by atoms with Crippen molar-refractivity contribution in [1.82, 2.24) is 0 Å². The van der Waals surface area contributed by atoms with Crippen molar-refractivity contribution in [2.24, 2.45) is 0 Å². The van der Waals surface area contributed by atoms with E-state index in [0.29, 0.717) is 15.5 Å². The predicted octanol–water partition coefficient (Wildman–Crippen LogP) is 4.72. The van der Waals surface area contributed by atoms with E-state index in [-0.39, 0.29) is 0 Å². The lowest BCUT2D eigenvalue weighted by atomic mass is 10.2. The van der Waals surface area contributed by atoms with E-state index in [1.54, 1.807) is 48.5 Å². The summed E-state index contributed by atoms with van der Waals surface area (Å²) in [7, 11) is -1.81. The lowest BCUT2D eigenvalue weighted by molar-refractivity contribution is 0.653. The molecule has 1 atom stereocenters. The third kappa shape index (κ3) is 3.52. The second kappa shape index (κ2) is 6.13. The second-order valence-corrected chi connectivity index (χ2v) is 5.86. The van der Waals surface area contributed by atoms with Crippen molar-refractivity contribution in [3.8, 4) is 0 Å². The van der Waals surface area contributed by atoms with Gasteiger partial charge in [-0.15, -0.1) is 0 Å². The van der Waals surface area contributed by atoms with Crippen molar-refractivity contribution in [3.63, 3.8) is 0 Å². The van der Waals surface area contributed by atoms with Crippen LogP contribution in [0.25, 0.3) is 6.08 Å². The van der Waals surface area contributed by atoms with Gasteiger partial charge in [-0.1, -0.05) is 47.5 Å². The van der Waals surface area contributed by atoms with E-state index < -0.39 is 16.0 Å². The number of halogens is 2. The Labute approximate surface area is 119 Å². The van der Waals surface area contributed by atoms with Crippen LogP contribution in [0.2, 0.25) is 5.02 Å². The molecule has 0 spiro atoms. The zero-order chi connectivity index (χ0) is 13.8. The van der Waals surface area contributed by atoms with Gasteiger partial charge in [-0.3, -0.25) is 0 Å². The Morgan fingerprint density at radius 2 is 1.79 bits per heavy atom. The quantitative estimate of drug-likeness (QED) is 0.800. The normalized spacial score (nSPS) is 13.3. The summed E-state index contributed by atoms with van der Waals surface area (Å²) in [5.74, 6) is 0. The van der Waals surface area contributed by atoms with Crippen LogP contribution in [0.1, 0.15) is 11.1 Å². The Balaban J connectivity index is 2.29. The topological polar surface area (TPSA) is 17.1 Å². The van der Waals surface area contributed by atoms with Gasteiger partial charge >= 0.3 is 0 Å². The van der Waals surface area contributed by atoms with Crippen LogP contribution in [0, 0.1) is 6.92 Å². The molecule has 4 heteroatoms. The van der Waals surface area contributed by atoms with Gasteiger partial charge in [0, 0.05) is 9.92 Å². The first-order valence-electron chi connectivity index (χ1n) is 5.68. The smallest absolute Gasteiger partial charge is 0.192 e. The first-order valence-corrected chi connectivity index (χ1v) is 7.21. The van der Waals surface area contributed by atoms with Crippen molar-refractivity contribution < 1.29 is 8.60 Å². The average Bonchev–Trinajstić information content (AvgIpc) is 2.41. The molecule has 1 nitrogen and oxygen atoms in total. The Morgan fingerprint density at radius 1 is 1.16 bits per heavy atom. The van der Waals surface area contributed by atoms with Crippen molar-refractivity contribution in [3.05, 3.63) is 69.8 Å². The van der Waals surface area contributed by atoms with Crippen LogP contribution >= 0.6 is 11.6 Å². The lowest BCUT2D eigenvalue weighted by Crippen LogP contribution is -1.92. The van der Waals surface area contributed by atoms with Gasteiger partial charge in [-0.25, -0.2) is 4.21 Å². The molecular formula is C15H12ClFOS. The molecule has 2 aromatic rings. The van der Waals surface area contributed by atoms with Gasteiger partial charge < -0.3 is 0 Å². The third-order valence-corrected chi connectivity index (χ3v) is 4.10. The molecule has 0 saturated carbocycles. The molecule has 0 radical (unpaired) electrons. The Morgan fingerprint density at radius 3 is 2.42 bits per heavy atom. The number of aryl methyl sites for hydroxylation is 1. The van der Waals surface area contributed by atoms with Crippen LogP contribution in [0.5, 0.6) is 0 Å². The first-order chi connectivity index (χ1) is 9.08. The van der Waals surface area contributed by atoms with Crippen molar-refractivity contribution in [1.29, 1.82) is 0 Å². The summed E-state index contributed by atoms with van der Waals surface area (Å²) in [5.41, 5.74) is 1.55. The van der Waals surface area contributed by atoms with E-state index in [9.17, 15) is 8.60 Å². The molecule has 0 amide bonds. The predicted molar refractivity (Wildman–Crippen MR) is 78.1 cm³/mol. The highest BCUT2D eigenvalue weighted by atomic mass is 35.5. The monoisotopic (exact) mass is 294 g/mol. The molecule has 0 aliphatic rings. The number of rotatable bonds is 3. The average molecular weight is 295 g/mol. The van der Waals surface area contributed by atoms with Crippen LogP contribution in [0.15, 0.2) is 58.6 Å². The van der Waals surface area contributed by atoms with Crippen molar-refractivity contribution >= 4 is 28.5 Å². The molecule has 0 N–H and O–H groups in total. The van der Waals surface area contributed by atoms with Gasteiger partial charge in [0.15, 0.2) is 5.16 Å². The highest BCUT2D eigenvalue weighted by Gasteiger charge is 2.10. The molecule has 0 bridgehead atoms. The van der Waals surface area contributed by atoms with Crippen LogP contribution in [-0.2, 0) is 10.8 Å². The van der Waals surface area contributed by atoms with Gasteiger partial charge in [0.1, 0.15) is 10.8 Å². The molecule has 0 aromatic heterocycles. The molecule has 0 unspecified atom stereocenters. The van der Waals surface area contributed by atoms with E-state index >= 15 is 0 Å². The summed E-state index contributed by atoms with van der Waals surface area (Å²) in [6.07, 6.45) is 1.21. The molecule has 0 fully saturated rings. The largest absolute Gasteiger partial charge is 0.247 e. The zero-order valence-corrected chi connectivity index (χ0v) is 11.8. The van der Waals surface area contributed by atoms with E-state index in [1.165, 1.54) is 6.08 Å². The van der Waals surface area contributed by atoms with Crippen LogP contribution in [0.4, 0.5) is 4.39 Å². The van der Waals surface area contributed by atoms with Gasteiger partial charge in [0.25, 0.3) is 0 Å². The first kappa shape index (κ1) is 14.0. The molecule has 0 heterocycles. The fourth-order valence-electron chi connectivity index (χ4n) is 1.54. The van der Waals surface area contributed by atoms with Crippen molar-refractivity contribution in [2.45, 2.75) is 11.8 Å². The fourth-order valence-corrected chi connectivity index (χ4v) is 2.58. The lowest BCUT2D eigenvalue weighted by Gasteiger charge is -2.01. The van der Waals surface area contributed by atoms with Crippen LogP contribution < -0.4 is 0 Å². The summed E-state index contributed by atoms with van der Waals surface area (Å²) in [4.78, 5) is 0.436. The number of hydrogen-bond donors (Lipinski definition) is 0. The SMILES string of the molecule is Cc1ccc([S@](=O)/C(F)=C/c2ccccc2Cl)cc1. The van der Waals surface area contributed by atoms with Crippen molar-refractivity contribution in [2.75, 3.05) is 0 Å². The van der Waals surface area contributed by atoms with Gasteiger partial charge in [-0.2, -0.15) is 4.39 Å². The highest BCUT2D eigenvalue weighted by Crippen LogP contribution is 2.22. The van der Waals surface area contributed by atoms with E-state index in [4.69, 9.17) is 11.6 Å². The summed E-state index contributed by atoms with van der Waals surface area (Å²) < 4.78 is 25.9. The summed E-state index contributed by atoms with van der Waals surface area (Å²) in [6.45, 7) is 1.92. The summed E-state index contributed by atoms with van der Waals surface area (Å²) >= 11 is 5.93. The van der Waals surface area contributed by atoms with E-state index in [2.05, 4.69) is 0 Å². The van der Waals surface area contributed by atoms with Gasteiger partial charge in [0.05, 0.1) is 0 Å². The fraction of sp³-hybridized carbons (Fsp3) is 0.0667. The number of benzene rings is 2. The minimum absolute atomic E-state index is 0.429. The molecule has 98 valence electrons. The summed E-state index contributed by atoms with van der Waals surface area (Å²) in [6, 6.07) is 13.8. The van der Waals surface area contributed by atoms with Gasteiger partial charge in [0.2, 0.25) is 0 Å². The Kier molecular flexibility index (Phi) is 4.51. The summed E-state index contributed by atoms with van der Waals surface area (Å²) in [5, 5.41) is -0.282. The maximum absolute atomic E-state index is 14.0. The minimum atomic E-state index is -1.81. The Bertz CT molecular complexity index is 635. The van der Waals surface area contributed by atoms with E-state index in [0.717, 1.165) is 5.56 Å². The standard InChI is InChI=1S/C15H12ClFOS/c1-11-6-8-13(9-7-11)19(18)15(17)10-12-4-2-3-5-14(12)16/h2-10H,1H3/b15-10+/t19-/m0/s1. The molecule has 19 heavy (non-hydrogen) atoms. The molecule has 0 aliphatic heterocycles. The minimum Gasteiger partial charge on any atom is -0.247 e. The second-order valence-electron chi connectivity index (χ2n) is 4.05. The maximum Gasteiger partial charge on any atom is 0.192 e. The van der Waals surface area contributed by atoms with Crippen LogP contribution in [0.3, 0.4) is 0 Å². The molecule has 0 saturated heterocycles. The highest BCUT2D eigenvalue weighted by molar-refractivity contribution is 7.89. The molecular weight excluding hydrogens is 283 g/mol. The maximum atomic E-state index is 14.0. The van der Waals surface area contributed by atoms with Gasteiger partial charge in [-0.05, 0) is 36.8 Å². The van der Waals surface area contributed by atoms with Crippen LogP contribution in [-0.4, -0.2) is 4.21 Å². The Hall–Kier alpha value is -1.45. The zero-order valence-electron chi connectivity index (χ0n) is 10.3. The number of hydrogen-bond acceptors (Lipinski definition) is 1. The molecule has 2 rings (SSSR count). The third-order valence-electron chi connectivity index (χ3n) is 2.59. The van der Waals surface area contributed by atoms with E-state index in [1.807, 2.05) is 6.92 Å². The molecule has 0 aliphatic carbocycles.